The highest BCUT2D eigenvalue weighted by Crippen LogP contribution is 2.35. The van der Waals surface area contributed by atoms with Crippen molar-refractivity contribution in [1.29, 1.82) is 0 Å². The van der Waals surface area contributed by atoms with E-state index in [9.17, 15) is 15.3 Å². The number of fused-ring (bicyclic) bond motifs is 1. The molecule has 4 heterocycles. The summed E-state index contributed by atoms with van der Waals surface area (Å²) in [5.41, 5.74) is 1.57. The van der Waals surface area contributed by atoms with Crippen LogP contribution < -0.4 is 10.6 Å². The molecule has 0 saturated carbocycles. The van der Waals surface area contributed by atoms with Crippen LogP contribution in [0.25, 0.3) is 16.9 Å². The number of aliphatic hydroxyl groups excluding tert-OH is 3. The summed E-state index contributed by atoms with van der Waals surface area (Å²) in [6.45, 7) is -0.417. The van der Waals surface area contributed by atoms with E-state index in [1.807, 2.05) is 24.3 Å². The minimum absolute atomic E-state index is 0.417. The maximum atomic E-state index is 10.5. The van der Waals surface area contributed by atoms with Crippen LogP contribution in [-0.2, 0) is 4.74 Å². The van der Waals surface area contributed by atoms with Crippen molar-refractivity contribution in [3.05, 3.63) is 42.7 Å². The summed E-state index contributed by atoms with van der Waals surface area (Å²) >= 11 is 0. The van der Waals surface area contributed by atoms with Gasteiger partial charge in [0, 0.05) is 13.2 Å². The molecule has 5 N–H and O–H groups in total. The van der Waals surface area contributed by atoms with Crippen LogP contribution in [0.3, 0.4) is 0 Å². The first kappa shape index (κ1) is 17.6. The highest BCUT2D eigenvalue weighted by atomic mass is 16.6. The quantitative estimate of drug-likeness (QED) is 0.480. The maximum absolute atomic E-state index is 10.5. The molecular weight excluding hydrogens is 352 g/mol. The van der Waals surface area contributed by atoms with Crippen LogP contribution in [0.5, 0.6) is 0 Å². The number of anilines is 1. The molecule has 1 fully saturated rings. The third-order valence-electron chi connectivity index (χ3n) is 4.55. The lowest BCUT2D eigenvalue weighted by atomic mass is 10.1. The van der Waals surface area contributed by atoms with Crippen LogP contribution in [-0.4, -0.2) is 66.8 Å². The lowest BCUT2D eigenvalue weighted by Gasteiger charge is -2.20. The van der Waals surface area contributed by atoms with Gasteiger partial charge in [0.1, 0.15) is 24.6 Å². The summed E-state index contributed by atoms with van der Waals surface area (Å²) < 4.78 is 7.33. The highest BCUT2D eigenvalue weighted by molar-refractivity contribution is 5.85. The number of aromatic nitrogens is 4. The van der Waals surface area contributed by atoms with Crippen molar-refractivity contribution in [3.63, 3.8) is 0 Å². The van der Waals surface area contributed by atoms with Crippen molar-refractivity contribution < 1.29 is 20.1 Å². The molecule has 0 radical (unpaired) electrons. The largest absolute Gasteiger partial charge is 0.394 e. The Morgan fingerprint density at radius 1 is 1.22 bits per heavy atom. The molecule has 2 aromatic rings. The van der Waals surface area contributed by atoms with Crippen LogP contribution >= 0.6 is 0 Å². The molecule has 0 bridgehead atoms. The summed E-state index contributed by atoms with van der Waals surface area (Å²) in [7, 11) is 1.72. The van der Waals surface area contributed by atoms with Gasteiger partial charge in [0.2, 0.25) is 0 Å². The van der Waals surface area contributed by atoms with Crippen molar-refractivity contribution in [2.45, 2.75) is 24.5 Å². The van der Waals surface area contributed by atoms with Crippen molar-refractivity contribution >= 4 is 22.7 Å². The Balaban J connectivity index is 1.92. The maximum Gasteiger partial charge on any atom is 0.168 e. The Bertz CT molecular complexity index is 937. The molecule has 0 aliphatic carbocycles. The Kier molecular flexibility index (Phi) is 4.62. The molecule has 1 saturated heterocycles. The minimum Gasteiger partial charge on any atom is -0.394 e. The van der Waals surface area contributed by atoms with Gasteiger partial charge in [0.25, 0.3) is 0 Å². The lowest BCUT2D eigenvalue weighted by molar-refractivity contribution is -0.0514. The fourth-order valence-electron chi connectivity index (χ4n) is 3.21. The molecule has 0 unspecified atom stereocenters. The zero-order valence-corrected chi connectivity index (χ0v) is 14.5. The van der Waals surface area contributed by atoms with Crippen molar-refractivity contribution in [2.24, 2.45) is 0 Å². The third kappa shape index (κ3) is 2.88. The lowest BCUT2D eigenvalue weighted by Crippen LogP contribution is -2.33. The van der Waals surface area contributed by atoms with Gasteiger partial charge in [-0.1, -0.05) is 12.2 Å². The van der Waals surface area contributed by atoms with Crippen LogP contribution in [0.1, 0.15) is 12.1 Å². The summed E-state index contributed by atoms with van der Waals surface area (Å²) in [6, 6.07) is 0. The molecular formula is C17H20N6O4. The number of imidazole rings is 1. The van der Waals surface area contributed by atoms with E-state index in [2.05, 4.69) is 25.6 Å². The Hall–Kier alpha value is -2.79. The number of hydrogen-bond acceptors (Lipinski definition) is 9. The standard InChI is InChI=1S/C17H20N6O4/c1-18-14-11-16(21-8-20-14)23(17-13(26)12(25)10(7-24)27-17)15(22-11)9-5-3-2-4-6-19-9/h2-6,8,10,12-13,17,19,24-26H,7H2,1H3,(H,18,20,21)/t10-,12-,13-,17-/m1/s1. The number of aliphatic hydroxyl groups is 3. The van der Waals surface area contributed by atoms with E-state index in [4.69, 9.17) is 4.74 Å². The van der Waals surface area contributed by atoms with Gasteiger partial charge < -0.3 is 30.7 Å². The molecule has 142 valence electrons. The predicted octanol–water partition coefficient (Wildman–Crippen LogP) is -0.507. The van der Waals surface area contributed by atoms with E-state index >= 15 is 0 Å². The van der Waals surface area contributed by atoms with Gasteiger partial charge in [0.15, 0.2) is 29.0 Å². The Morgan fingerprint density at radius 3 is 2.81 bits per heavy atom. The van der Waals surface area contributed by atoms with Crippen LogP contribution in [0.4, 0.5) is 5.82 Å². The Labute approximate surface area is 154 Å². The molecule has 2 aromatic heterocycles. The van der Waals surface area contributed by atoms with Crippen molar-refractivity contribution in [1.82, 2.24) is 24.8 Å². The van der Waals surface area contributed by atoms with Crippen molar-refractivity contribution in [3.8, 4) is 0 Å². The van der Waals surface area contributed by atoms with E-state index in [-0.39, 0.29) is 0 Å². The summed E-state index contributed by atoms with van der Waals surface area (Å²) in [6.07, 6.45) is 6.12. The smallest absolute Gasteiger partial charge is 0.168 e. The molecule has 0 amide bonds. The fourth-order valence-corrected chi connectivity index (χ4v) is 3.21. The number of nitrogens with one attached hydrogen (secondary N) is 2. The fraction of sp³-hybridized carbons (Fsp3) is 0.353. The van der Waals surface area contributed by atoms with Gasteiger partial charge in [-0.2, -0.15) is 0 Å². The number of hydrogen-bond donors (Lipinski definition) is 5. The van der Waals surface area contributed by atoms with Gasteiger partial charge >= 0.3 is 0 Å². The zero-order chi connectivity index (χ0) is 19.0. The molecule has 10 nitrogen and oxygen atoms in total. The van der Waals surface area contributed by atoms with E-state index in [1.54, 1.807) is 17.8 Å². The third-order valence-corrected chi connectivity index (χ3v) is 4.55. The minimum atomic E-state index is -1.26. The first-order chi connectivity index (χ1) is 13.2. The first-order valence-corrected chi connectivity index (χ1v) is 8.49. The van der Waals surface area contributed by atoms with E-state index in [1.165, 1.54) is 6.33 Å². The molecule has 4 atom stereocenters. The molecule has 2 aliphatic heterocycles. The topological polar surface area (TPSA) is 138 Å². The number of allylic oxidation sites excluding steroid dienone is 4. The average Bonchev–Trinajstić information content (AvgIpc) is 3.05. The molecule has 0 aromatic carbocycles. The average molecular weight is 372 g/mol. The first-order valence-electron chi connectivity index (χ1n) is 8.49. The van der Waals surface area contributed by atoms with E-state index in [0.29, 0.717) is 28.5 Å². The number of ether oxygens (including phenoxy) is 1. The molecule has 4 rings (SSSR count). The van der Waals surface area contributed by atoms with Crippen LogP contribution in [0.2, 0.25) is 0 Å². The number of nitrogens with zero attached hydrogens (tertiary/aromatic N) is 4. The van der Waals surface area contributed by atoms with Crippen molar-refractivity contribution in [2.75, 3.05) is 19.0 Å². The molecule has 27 heavy (non-hydrogen) atoms. The summed E-state index contributed by atoms with van der Waals surface area (Å²) in [5.74, 6) is 0.972. The van der Waals surface area contributed by atoms with Gasteiger partial charge in [0.05, 0.1) is 12.3 Å². The predicted molar refractivity (Wildman–Crippen MR) is 97.3 cm³/mol. The SMILES string of the molecule is CNc1ncnc2c1nc(C1=CC=CC=CN1)n2[C@@H]1O[C@H](CO)[C@@H](O)[C@H]1O. The van der Waals surface area contributed by atoms with Gasteiger partial charge in [-0.25, -0.2) is 15.0 Å². The van der Waals surface area contributed by atoms with Gasteiger partial charge in [-0.3, -0.25) is 4.57 Å². The molecule has 0 spiro atoms. The van der Waals surface area contributed by atoms with Gasteiger partial charge in [-0.15, -0.1) is 0 Å². The second-order valence-electron chi connectivity index (χ2n) is 6.15. The van der Waals surface area contributed by atoms with E-state index < -0.39 is 31.1 Å². The van der Waals surface area contributed by atoms with Crippen LogP contribution in [0.15, 0.2) is 36.8 Å². The number of rotatable bonds is 4. The normalized spacial score (nSPS) is 27.5. The van der Waals surface area contributed by atoms with Gasteiger partial charge in [-0.05, 0) is 12.2 Å². The summed E-state index contributed by atoms with van der Waals surface area (Å²) in [5, 5.41) is 36.2. The Morgan fingerprint density at radius 2 is 2.07 bits per heavy atom. The zero-order valence-electron chi connectivity index (χ0n) is 14.5. The molecule has 10 heteroatoms. The van der Waals surface area contributed by atoms with Crippen LogP contribution in [0, 0.1) is 0 Å². The summed E-state index contributed by atoms with van der Waals surface area (Å²) in [4.78, 5) is 13.1. The van der Waals surface area contributed by atoms with E-state index in [0.717, 1.165) is 0 Å². The molecule has 2 aliphatic rings. The highest BCUT2D eigenvalue weighted by Gasteiger charge is 2.45. The second kappa shape index (κ2) is 7.08. The monoisotopic (exact) mass is 372 g/mol. The second-order valence-corrected chi connectivity index (χ2v) is 6.15.